The number of carbonyl (C=O) groups is 1. The Morgan fingerprint density at radius 2 is 2.00 bits per heavy atom. The normalized spacial score (nSPS) is 13.1. The van der Waals surface area contributed by atoms with Crippen molar-refractivity contribution in [3.8, 4) is 5.75 Å². The summed E-state index contributed by atoms with van der Waals surface area (Å²) in [7, 11) is 1.32. The molecule has 6 nitrogen and oxygen atoms in total. The van der Waals surface area contributed by atoms with Gasteiger partial charge in [0.2, 0.25) is 0 Å². The molecule has 26 heavy (non-hydrogen) atoms. The van der Waals surface area contributed by atoms with Crippen LogP contribution in [0.25, 0.3) is 0 Å². The molecule has 0 aliphatic heterocycles. The van der Waals surface area contributed by atoms with Gasteiger partial charge < -0.3 is 19.9 Å². The summed E-state index contributed by atoms with van der Waals surface area (Å²) >= 11 is 5.84. The molecule has 1 aromatic carbocycles. The number of aliphatic hydroxyl groups is 1. The van der Waals surface area contributed by atoms with Gasteiger partial charge in [-0.25, -0.2) is 9.78 Å². The first-order valence-electron chi connectivity index (χ1n) is 8.30. The average Bonchev–Trinajstić information content (AvgIpc) is 2.65. The van der Waals surface area contributed by atoms with Crippen molar-refractivity contribution in [3.05, 3.63) is 58.9 Å². The zero-order valence-corrected chi connectivity index (χ0v) is 15.6. The number of carbonyl (C=O) groups excluding carboxylic acids is 1. The van der Waals surface area contributed by atoms with E-state index in [9.17, 15) is 9.90 Å². The van der Waals surface area contributed by atoms with E-state index in [2.05, 4.69) is 15.0 Å². The minimum Gasteiger partial charge on any atom is -0.482 e. The van der Waals surface area contributed by atoms with Crippen molar-refractivity contribution in [2.75, 3.05) is 20.3 Å². The lowest BCUT2D eigenvalue weighted by Gasteiger charge is -2.17. The molecular weight excluding hydrogens is 356 g/mol. The number of methoxy groups -OCH3 is 1. The van der Waals surface area contributed by atoms with Crippen LogP contribution in [0.1, 0.15) is 24.3 Å². The predicted octanol–water partition coefficient (Wildman–Crippen LogP) is 2.54. The molecule has 0 spiro atoms. The highest BCUT2D eigenvalue weighted by Crippen LogP contribution is 2.15. The summed E-state index contributed by atoms with van der Waals surface area (Å²) in [4.78, 5) is 15.2. The van der Waals surface area contributed by atoms with Crippen molar-refractivity contribution >= 4 is 17.6 Å². The lowest BCUT2D eigenvalue weighted by Crippen LogP contribution is -2.32. The van der Waals surface area contributed by atoms with Gasteiger partial charge in [-0.1, -0.05) is 29.8 Å². The van der Waals surface area contributed by atoms with Crippen molar-refractivity contribution in [1.29, 1.82) is 0 Å². The first-order valence-corrected chi connectivity index (χ1v) is 8.68. The Balaban J connectivity index is 1.78. The molecule has 2 N–H and O–H groups in total. The van der Waals surface area contributed by atoms with Crippen LogP contribution in [0.15, 0.2) is 42.5 Å². The molecule has 2 rings (SSSR count). The largest absolute Gasteiger partial charge is 0.482 e. The van der Waals surface area contributed by atoms with Gasteiger partial charge in [0, 0.05) is 12.6 Å². The van der Waals surface area contributed by atoms with Crippen LogP contribution < -0.4 is 10.1 Å². The first-order chi connectivity index (χ1) is 12.5. The quantitative estimate of drug-likeness (QED) is 0.515. The highest BCUT2D eigenvalue weighted by molar-refractivity contribution is 6.29. The van der Waals surface area contributed by atoms with E-state index < -0.39 is 12.1 Å². The fraction of sp³-hybridized carbons (Fsp3) is 0.368. The van der Waals surface area contributed by atoms with Crippen LogP contribution in [-0.4, -0.2) is 42.4 Å². The molecule has 7 heteroatoms. The maximum Gasteiger partial charge on any atom is 0.343 e. The van der Waals surface area contributed by atoms with Crippen molar-refractivity contribution in [2.24, 2.45) is 0 Å². The topological polar surface area (TPSA) is 80.7 Å². The summed E-state index contributed by atoms with van der Waals surface area (Å²) in [5.74, 6) is 0.196. The molecule has 0 saturated heterocycles. The number of ether oxygens (including phenoxy) is 2. The van der Waals surface area contributed by atoms with E-state index in [4.69, 9.17) is 16.3 Å². The van der Waals surface area contributed by atoms with E-state index in [1.54, 1.807) is 18.2 Å². The lowest BCUT2D eigenvalue weighted by molar-refractivity contribution is -0.142. The molecule has 0 radical (unpaired) electrons. The lowest BCUT2D eigenvalue weighted by atomic mass is 10.1. The second-order valence-electron chi connectivity index (χ2n) is 5.92. The number of halogens is 1. The highest BCUT2D eigenvalue weighted by atomic mass is 35.5. The van der Waals surface area contributed by atoms with Crippen LogP contribution in [0, 0.1) is 0 Å². The molecule has 2 atom stereocenters. The van der Waals surface area contributed by atoms with Crippen LogP contribution in [0.4, 0.5) is 0 Å². The van der Waals surface area contributed by atoms with Crippen molar-refractivity contribution < 1.29 is 19.4 Å². The number of pyridine rings is 1. The van der Waals surface area contributed by atoms with Crippen LogP contribution in [-0.2, 0) is 16.0 Å². The number of benzene rings is 1. The highest BCUT2D eigenvalue weighted by Gasteiger charge is 2.11. The molecule has 0 aliphatic rings. The summed E-state index contributed by atoms with van der Waals surface area (Å²) < 4.78 is 9.84. The number of nitrogens with zero attached hydrogens (tertiary/aromatic N) is 1. The molecule has 0 fully saturated rings. The third kappa shape index (κ3) is 6.63. The van der Waals surface area contributed by atoms with Crippen molar-refractivity contribution in [1.82, 2.24) is 10.3 Å². The van der Waals surface area contributed by atoms with E-state index in [-0.39, 0.29) is 12.6 Å². The zero-order chi connectivity index (χ0) is 18.9. The van der Waals surface area contributed by atoms with Gasteiger partial charge >= 0.3 is 5.97 Å². The third-order valence-electron chi connectivity index (χ3n) is 3.79. The molecule has 0 saturated carbocycles. The number of aromatic nitrogens is 1. The summed E-state index contributed by atoms with van der Waals surface area (Å²) in [5.41, 5.74) is 1.66. The molecule has 2 aromatic rings. The van der Waals surface area contributed by atoms with Crippen LogP contribution >= 0.6 is 11.6 Å². The zero-order valence-electron chi connectivity index (χ0n) is 14.8. The van der Waals surface area contributed by atoms with Crippen LogP contribution in [0.5, 0.6) is 5.75 Å². The summed E-state index contributed by atoms with van der Waals surface area (Å²) in [6.45, 7) is 2.32. The number of hydrogen-bond acceptors (Lipinski definition) is 6. The molecule has 2 unspecified atom stereocenters. The smallest absolute Gasteiger partial charge is 0.343 e. The van der Waals surface area contributed by atoms with Crippen molar-refractivity contribution in [2.45, 2.75) is 25.5 Å². The van der Waals surface area contributed by atoms with E-state index >= 15 is 0 Å². The Morgan fingerprint density at radius 1 is 1.27 bits per heavy atom. The molecule has 0 aliphatic carbocycles. The number of esters is 1. The number of aliphatic hydroxyl groups excluding tert-OH is 1. The van der Waals surface area contributed by atoms with E-state index in [0.29, 0.717) is 23.1 Å². The van der Waals surface area contributed by atoms with Crippen LogP contribution in [0.2, 0.25) is 5.15 Å². The predicted molar refractivity (Wildman–Crippen MR) is 99.3 cm³/mol. The summed E-state index contributed by atoms with van der Waals surface area (Å²) in [5, 5.41) is 13.8. The van der Waals surface area contributed by atoms with Gasteiger partial charge in [0.15, 0.2) is 6.61 Å². The van der Waals surface area contributed by atoms with Gasteiger partial charge in [0.1, 0.15) is 17.0 Å². The Kier molecular flexibility index (Phi) is 7.84. The van der Waals surface area contributed by atoms with Gasteiger partial charge in [-0.05, 0) is 43.2 Å². The SMILES string of the molecule is COC(=O)COc1ccc(CC(C)NCC(O)c2cccc(Cl)n2)cc1. The maximum atomic E-state index is 11.1. The minimum atomic E-state index is -0.717. The Bertz CT molecular complexity index is 709. The third-order valence-corrected chi connectivity index (χ3v) is 4.00. The molecule has 0 amide bonds. The molecule has 1 heterocycles. The fourth-order valence-corrected chi connectivity index (χ4v) is 2.55. The Hall–Kier alpha value is -2.15. The molecular formula is C19H23ClN2O4. The molecule has 140 valence electrons. The second kappa shape index (κ2) is 10.1. The van der Waals surface area contributed by atoms with Gasteiger partial charge in [-0.2, -0.15) is 0 Å². The van der Waals surface area contributed by atoms with Crippen molar-refractivity contribution in [3.63, 3.8) is 0 Å². The molecule has 0 bridgehead atoms. The number of nitrogens with one attached hydrogen (secondary N) is 1. The van der Waals surface area contributed by atoms with Gasteiger partial charge in [-0.15, -0.1) is 0 Å². The number of hydrogen-bond donors (Lipinski definition) is 2. The van der Waals surface area contributed by atoms with Crippen LogP contribution in [0.3, 0.4) is 0 Å². The van der Waals surface area contributed by atoms with E-state index in [1.165, 1.54) is 7.11 Å². The van der Waals surface area contributed by atoms with Gasteiger partial charge in [-0.3, -0.25) is 0 Å². The average molecular weight is 379 g/mol. The maximum absolute atomic E-state index is 11.1. The fourth-order valence-electron chi connectivity index (χ4n) is 2.38. The standard InChI is InChI=1S/C19H23ClN2O4/c1-13(21-11-17(23)16-4-3-5-18(20)22-16)10-14-6-8-15(9-7-14)26-12-19(24)25-2/h3-9,13,17,21,23H,10-12H2,1-2H3. The molecule has 1 aromatic heterocycles. The summed E-state index contributed by atoms with van der Waals surface area (Å²) in [6.07, 6.45) is 0.0673. The number of rotatable bonds is 9. The Morgan fingerprint density at radius 3 is 2.65 bits per heavy atom. The minimum absolute atomic E-state index is 0.108. The first kappa shape index (κ1) is 20.2. The monoisotopic (exact) mass is 378 g/mol. The van der Waals surface area contributed by atoms with E-state index in [1.807, 2.05) is 31.2 Å². The summed E-state index contributed by atoms with van der Waals surface area (Å²) in [6, 6.07) is 12.9. The van der Waals surface area contributed by atoms with E-state index in [0.717, 1.165) is 12.0 Å². The van der Waals surface area contributed by atoms with Gasteiger partial charge in [0.25, 0.3) is 0 Å². The van der Waals surface area contributed by atoms with Gasteiger partial charge in [0.05, 0.1) is 12.8 Å². The Labute approximate surface area is 158 Å². The second-order valence-corrected chi connectivity index (χ2v) is 6.31.